The number of hydrogen-bond acceptors (Lipinski definition) is 3. The van der Waals surface area contributed by atoms with Crippen molar-refractivity contribution < 1.29 is 4.42 Å². The van der Waals surface area contributed by atoms with Gasteiger partial charge in [-0.2, -0.15) is 5.10 Å². The smallest absolute Gasteiger partial charge is 0.202 e. The van der Waals surface area contributed by atoms with E-state index in [0.29, 0.717) is 27.1 Å². The topological polar surface area (TPSA) is 57.0 Å². The summed E-state index contributed by atoms with van der Waals surface area (Å²) in [6.45, 7) is 0. The average molecular weight is 343 g/mol. The molecule has 2 N–H and O–H groups in total. The zero-order chi connectivity index (χ0) is 15.1. The number of furan rings is 1. The van der Waals surface area contributed by atoms with Crippen LogP contribution in [0.3, 0.4) is 0 Å². The fourth-order valence-corrected chi connectivity index (χ4v) is 2.63. The van der Waals surface area contributed by atoms with Crippen molar-refractivity contribution in [2.45, 2.75) is 0 Å². The van der Waals surface area contributed by atoms with Crippen LogP contribution in [0.2, 0.25) is 15.3 Å². The summed E-state index contributed by atoms with van der Waals surface area (Å²) in [6, 6.07) is 7.03. The lowest BCUT2D eigenvalue weighted by molar-refractivity contribution is 0.570. The molecule has 0 aliphatic rings. The fourth-order valence-electron chi connectivity index (χ4n) is 2.12. The molecule has 0 radical (unpaired) electrons. The standard InChI is InChI=1S/C14H10Cl3N3O/c1-20-14(18)11(7-2-3-9(15)10(16)6-7)12(19-20)8-4-5-21-13(8)17/h2-6H,18H2,1H3. The highest BCUT2D eigenvalue weighted by Crippen LogP contribution is 2.40. The summed E-state index contributed by atoms with van der Waals surface area (Å²) in [5, 5.41) is 5.60. The van der Waals surface area contributed by atoms with Crippen LogP contribution in [0.15, 0.2) is 34.9 Å². The van der Waals surface area contributed by atoms with E-state index in [2.05, 4.69) is 5.10 Å². The second kappa shape index (κ2) is 5.30. The molecular weight excluding hydrogens is 333 g/mol. The van der Waals surface area contributed by atoms with Crippen LogP contribution in [-0.4, -0.2) is 9.78 Å². The lowest BCUT2D eigenvalue weighted by Crippen LogP contribution is -1.98. The molecule has 7 heteroatoms. The lowest BCUT2D eigenvalue weighted by Gasteiger charge is -2.05. The number of rotatable bonds is 2. The average Bonchev–Trinajstić information content (AvgIpc) is 2.98. The Bertz CT molecular complexity index is 823. The summed E-state index contributed by atoms with van der Waals surface area (Å²) in [7, 11) is 1.76. The molecule has 4 nitrogen and oxygen atoms in total. The molecular formula is C14H10Cl3N3O. The molecule has 108 valence electrons. The Labute approximate surface area is 136 Å². The van der Waals surface area contributed by atoms with E-state index < -0.39 is 0 Å². The van der Waals surface area contributed by atoms with Crippen molar-refractivity contribution in [2.75, 3.05) is 5.73 Å². The maximum Gasteiger partial charge on any atom is 0.202 e. The molecule has 21 heavy (non-hydrogen) atoms. The SMILES string of the molecule is Cn1nc(-c2ccoc2Cl)c(-c2ccc(Cl)c(Cl)c2)c1N. The van der Waals surface area contributed by atoms with Gasteiger partial charge < -0.3 is 10.2 Å². The van der Waals surface area contributed by atoms with Crippen molar-refractivity contribution in [1.82, 2.24) is 9.78 Å². The molecule has 2 heterocycles. The number of aryl methyl sites for hydroxylation is 1. The Kier molecular flexibility index (Phi) is 3.61. The Morgan fingerprint density at radius 2 is 1.90 bits per heavy atom. The van der Waals surface area contributed by atoms with Crippen molar-refractivity contribution >= 4 is 40.6 Å². The van der Waals surface area contributed by atoms with E-state index in [-0.39, 0.29) is 5.22 Å². The Balaban J connectivity index is 2.27. The molecule has 3 aromatic rings. The quantitative estimate of drug-likeness (QED) is 0.721. The van der Waals surface area contributed by atoms with Gasteiger partial charge in [0.2, 0.25) is 5.22 Å². The molecule has 0 amide bonds. The molecule has 0 saturated carbocycles. The summed E-state index contributed by atoms with van der Waals surface area (Å²) in [4.78, 5) is 0. The van der Waals surface area contributed by atoms with Gasteiger partial charge in [0.05, 0.1) is 27.4 Å². The summed E-state index contributed by atoms with van der Waals surface area (Å²) >= 11 is 18.1. The Hall–Kier alpha value is -1.62. The molecule has 0 aliphatic carbocycles. The zero-order valence-corrected chi connectivity index (χ0v) is 13.2. The number of aromatic nitrogens is 2. The number of nitrogens with two attached hydrogens (primary N) is 1. The van der Waals surface area contributed by atoms with Gasteiger partial charge >= 0.3 is 0 Å². The second-order valence-corrected chi connectivity index (χ2v) is 5.63. The highest BCUT2D eigenvalue weighted by Gasteiger charge is 2.21. The van der Waals surface area contributed by atoms with E-state index in [1.807, 2.05) is 6.07 Å². The third kappa shape index (κ3) is 2.39. The second-order valence-electron chi connectivity index (χ2n) is 4.47. The van der Waals surface area contributed by atoms with E-state index >= 15 is 0 Å². The van der Waals surface area contributed by atoms with Gasteiger partial charge in [-0.3, -0.25) is 4.68 Å². The summed E-state index contributed by atoms with van der Waals surface area (Å²) in [5.74, 6) is 0.501. The van der Waals surface area contributed by atoms with E-state index in [4.69, 9.17) is 45.0 Å². The van der Waals surface area contributed by atoms with Crippen LogP contribution in [0.5, 0.6) is 0 Å². The van der Waals surface area contributed by atoms with Crippen molar-refractivity contribution in [1.29, 1.82) is 0 Å². The maximum absolute atomic E-state index is 6.13. The summed E-state index contributed by atoms with van der Waals surface area (Å²) < 4.78 is 6.71. The van der Waals surface area contributed by atoms with Crippen LogP contribution in [0.4, 0.5) is 5.82 Å². The molecule has 0 aliphatic heterocycles. The first-order valence-corrected chi connectivity index (χ1v) is 7.13. The molecule has 0 atom stereocenters. The highest BCUT2D eigenvalue weighted by molar-refractivity contribution is 6.42. The van der Waals surface area contributed by atoms with E-state index in [9.17, 15) is 0 Å². The van der Waals surface area contributed by atoms with Crippen LogP contribution in [0.25, 0.3) is 22.4 Å². The molecule has 2 aromatic heterocycles. The minimum Gasteiger partial charge on any atom is -0.452 e. The van der Waals surface area contributed by atoms with Crippen molar-refractivity contribution in [3.63, 3.8) is 0 Å². The summed E-state index contributed by atoms with van der Waals surface area (Å²) in [5.41, 5.74) is 8.98. The number of nitrogen functional groups attached to an aromatic ring is 1. The van der Waals surface area contributed by atoms with Gasteiger partial charge in [-0.25, -0.2) is 0 Å². The van der Waals surface area contributed by atoms with Crippen LogP contribution in [-0.2, 0) is 7.05 Å². The van der Waals surface area contributed by atoms with E-state index in [1.54, 1.807) is 29.9 Å². The van der Waals surface area contributed by atoms with Gasteiger partial charge in [0.1, 0.15) is 11.5 Å². The molecule has 0 spiro atoms. The number of anilines is 1. The van der Waals surface area contributed by atoms with Crippen LogP contribution >= 0.6 is 34.8 Å². The van der Waals surface area contributed by atoms with E-state index in [1.165, 1.54) is 6.26 Å². The number of hydrogen-bond donors (Lipinski definition) is 1. The maximum atomic E-state index is 6.13. The zero-order valence-electron chi connectivity index (χ0n) is 10.9. The Morgan fingerprint density at radius 1 is 1.14 bits per heavy atom. The van der Waals surface area contributed by atoms with E-state index in [0.717, 1.165) is 11.1 Å². The monoisotopic (exact) mass is 341 g/mol. The molecule has 0 bridgehead atoms. The van der Waals surface area contributed by atoms with Crippen LogP contribution in [0, 0.1) is 0 Å². The molecule has 3 rings (SSSR count). The third-order valence-corrected chi connectivity index (χ3v) is 4.20. The number of benzene rings is 1. The minimum atomic E-state index is 0.259. The molecule has 0 unspecified atom stereocenters. The van der Waals surface area contributed by atoms with Crippen molar-refractivity contribution in [3.8, 4) is 22.4 Å². The highest BCUT2D eigenvalue weighted by atomic mass is 35.5. The summed E-state index contributed by atoms with van der Waals surface area (Å²) in [6.07, 6.45) is 1.50. The molecule has 1 aromatic carbocycles. The third-order valence-electron chi connectivity index (χ3n) is 3.17. The van der Waals surface area contributed by atoms with Gasteiger partial charge in [-0.15, -0.1) is 0 Å². The van der Waals surface area contributed by atoms with Crippen molar-refractivity contribution in [3.05, 3.63) is 45.8 Å². The molecule has 0 fully saturated rings. The fraction of sp³-hybridized carbons (Fsp3) is 0.0714. The van der Waals surface area contributed by atoms with Crippen LogP contribution < -0.4 is 5.73 Å². The minimum absolute atomic E-state index is 0.259. The first-order chi connectivity index (χ1) is 9.99. The Morgan fingerprint density at radius 3 is 2.52 bits per heavy atom. The van der Waals surface area contributed by atoms with Gasteiger partial charge in [0.15, 0.2) is 0 Å². The predicted molar refractivity (Wildman–Crippen MR) is 85.8 cm³/mol. The van der Waals surface area contributed by atoms with Gasteiger partial charge in [0.25, 0.3) is 0 Å². The van der Waals surface area contributed by atoms with Gasteiger partial charge in [-0.1, -0.05) is 29.3 Å². The first-order valence-electron chi connectivity index (χ1n) is 6.00. The van der Waals surface area contributed by atoms with Crippen LogP contribution in [0.1, 0.15) is 0 Å². The van der Waals surface area contributed by atoms with Gasteiger partial charge in [-0.05, 0) is 35.4 Å². The number of nitrogens with zero attached hydrogens (tertiary/aromatic N) is 2. The molecule has 0 saturated heterocycles. The van der Waals surface area contributed by atoms with Gasteiger partial charge in [0, 0.05) is 7.05 Å². The van der Waals surface area contributed by atoms with Crippen molar-refractivity contribution in [2.24, 2.45) is 7.05 Å². The first kappa shape index (κ1) is 14.3. The number of halogens is 3. The lowest BCUT2D eigenvalue weighted by atomic mass is 10.0. The predicted octanol–water partition coefficient (Wildman–Crippen LogP) is 4.89. The largest absolute Gasteiger partial charge is 0.452 e. The normalized spacial score (nSPS) is 11.0.